The van der Waals surface area contributed by atoms with E-state index >= 15 is 0 Å². The van der Waals surface area contributed by atoms with Crippen molar-refractivity contribution in [1.82, 2.24) is 4.90 Å². The van der Waals surface area contributed by atoms with Crippen LogP contribution in [0.25, 0.3) is 0 Å². The Hall–Kier alpha value is -0.553. The number of ether oxygens (including phenoxy) is 1. The van der Waals surface area contributed by atoms with Gasteiger partial charge in [0.1, 0.15) is 0 Å². The topological polar surface area (TPSA) is 55.6 Å². The fourth-order valence-electron chi connectivity index (χ4n) is 3.36. The van der Waals surface area contributed by atoms with E-state index in [0.717, 1.165) is 31.2 Å². The minimum atomic E-state index is -1.19. The third-order valence-corrected chi connectivity index (χ3v) is 6.96. The number of hydrogen-bond acceptors (Lipinski definition) is 3. The summed E-state index contributed by atoms with van der Waals surface area (Å²) in [6.45, 7) is 12.5. The second kappa shape index (κ2) is 11.2. The highest BCUT2D eigenvalue weighted by molar-refractivity contribution is 6.76. The van der Waals surface area contributed by atoms with Crippen molar-refractivity contribution < 1.29 is 9.53 Å². The maximum Gasteiger partial charge on any atom is 0.410 e. The van der Waals surface area contributed by atoms with E-state index in [2.05, 4.69) is 33.5 Å². The summed E-state index contributed by atoms with van der Waals surface area (Å²) in [5, 5.41) is 0. The van der Waals surface area contributed by atoms with E-state index in [1.54, 1.807) is 4.90 Å². The minimum absolute atomic E-state index is 0.208. The molecule has 0 bridgehead atoms. The van der Waals surface area contributed by atoms with Crippen molar-refractivity contribution in [2.45, 2.75) is 97.1 Å². The van der Waals surface area contributed by atoms with Gasteiger partial charge in [0.2, 0.25) is 0 Å². The second-order valence-corrected chi connectivity index (χ2v) is 15.1. The summed E-state index contributed by atoms with van der Waals surface area (Å²) in [6, 6.07) is 1.01. The molecule has 148 valence electrons. The Kier molecular flexibility index (Phi) is 10.1. The van der Waals surface area contributed by atoms with Crippen LogP contribution in [-0.4, -0.2) is 38.4 Å². The van der Waals surface area contributed by atoms with Crippen LogP contribution in [-0.2, 0) is 4.74 Å². The Morgan fingerprint density at radius 1 is 1.16 bits per heavy atom. The Bertz CT molecular complexity index is 376. The number of hydrogen-bond donors (Lipinski definition) is 1. The van der Waals surface area contributed by atoms with E-state index in [-0.39, 0.29) is 12.3 Å². The first-order valence-electron chi connectivity index (χ1n) is 10.4. The third kappa shape index (κ3) is 10.2. The molecule has 1 atom stereocenters. The molecule has 0 aliphatic heterocycles. The molecule has 1 saturated carbocycles. The zero-order valence-electron chi connectivity index (χ0n) is 17.4. The molecule has 1 unspecified atom stereocenters. The van der Waals surface area contributed by atoms with Crippen molar-refractivity contribution in [3.63, 3.8) is 0 Å². The molecule has 0 saturated heterocycles. The summed E-state index contributed by atoms with van der Waals surface area (Å²) < 4.78 is 5.57. The molecule has 2 N–H and O–H groups in total. The normalized spacial score (nSPS) is 17.6. The van der Waals surface area contributed by atoms with Crippen molar-refractivity contribution in [2.24, 2.45) is 17.6 Å². The molecule has 0 aromatic carbocycles. The van der Waals surface area contributed by atoms with Crippen molar-refractivity contribution >= 4 is 14.2 Å². The zero-order valence-corrected chi connectivity index (χ0v) is 18.4. The summed E-state index contributed by atoms with van der Waals surface area (Å²) in [5.74, 6) is 1.36. The monoisotopic (exact) mass is 370 g/mol. The molecule has 4 nitrogen and oxygen atoms in total. The minimum Gasteiger partial charge on any atom is -0.450 e. The van der Waals surface area contributed by atoms with Gasteiger partial charge < -0.3 is 10.5 Å². The van der Waals surface area contributed by atoms with E-state index in [1.165, 1.54) is 32.1 Å². The maximum atomic E-state index is 12.6. The summed E-state index contributed by atoms with van der Waals surface area (Å²) in [4.78, 5) is 14.4. The fraction of sp³-hybridized carbons (Fsp3) is 0.950. The van der Waals surface area contributed by atoms with E-state index < -0.39 is 8.07 Å². The van der Waals surface area contributed by atoms with Crippen LogP contribution in [0.15, 0.2) is 0 Å². The van der Waals surface area contributed by atoms with Gasteiger partial charge in [0.15, 0.2) is 0 Å². The third-order valence-electron chi connectivity index (χ3n) is 5.26. The Balaban J connectivity index is 2.49. The summed E-state index contributed by atoms with van der Waals surface area (Å²) in [7, 11) is -1.19. The lowest BCUT2D eigenvalue weighted by Gasteiger charge is -2.31. The highest BCUT2D eigenvalue weighted by Crippen LogP contribution is 2.28. The van der Waals surface area contributed by atoms with Gasteiger partial charge in [-0.3, -0.25) is 4.90 Å². The molecule has 25 heavy (non-hydrogen) atoms. The van der Waals surface area contributed by atoms with Gasteiger partial charge in [0.05, 0.1) is 12.8 Å². The molecule has 0 spiro atoms. The lowest BCUT2D eigenvalue weighted by atomic mass is 9.86. The highest BCUT2D eigenvalue weighted by Gasteiger charge is 2.24. The van der Waals surface area contributed by atoms with Gasteiger partial charge in [-0.25, -0.2) is 4.79 Å². The summed E-state index contributed by atoms with van der Waals surface area (Å²) in [5.41, 5.74) is 6.41. The molecule has 0 radical (unpaired) electrons. The first-order chi connectivity index (χ1) is 11.7. The van der Waals surface area contributed by atoms with Gasteiger partial charge >= 0.3 is 6.09 Å². The highest BCUT2D eigenvalue weighted by atomic mass is 28.3. The van der Waals surface area contributed by atoms with Crippen LogP contribution >= 0.6 is 0 Å². The van der Waals surface area contributed by atoms with Crippen LogP contribution in [0.5, 0.6) is 0 Å². The molecule has 5 heteroatoms. The van der Waals surface area contributed by atoms with E-state index in [0.29, 0.717) is 19.1 Å². The van der Waals surface area contributed by atoms with Gasteiger partial charge in [-0.1, -0.05) is 65.6 Å². The average molecular weight is 371 g/mol. The number of amides is 1. The van der Waals surface area contributed by atoms with Crippen LogP contribution in [0.3, 0.4) is 0 Å². The molecule has 1 rings (SSSR count). The largest absolute Gasteiger partial charge is 0.450 e. The van der Waals surface area contributed by atoms with Crippen LogP contribution < -0.4 is 5.73 Å². The van der Waals surface area contributed by atoms with Crippen molar-refractivity contribution in [3.8, 4) is 0 Å². The number of carbonyl (C=O) groups excluding carboxylic acids is 1. The van der Waals surface area contributed by atoms with Crippen LogP contribution in [0.2, 0.25) is 25.7 Å². The lowest BCUT2D eigenvalue weighted by molar-refractivity contribution is 0.0844. The van der Waals surface area contributed by atoms with Crippen molar-refractivity contribution in [1.29, 1.82) is 0 Å². The van der Waals surface area contributed by atoms with Crippen LogP contribution in [0.1, 0.15) is 65.2 Å². The molecular weight excluding hydrogens is 328 g/mol. The Labute approximate surface area is 156 Å². The molecule has 0 aromatic heterocycles. The van der Waals surface area contributed by atoms with Crippen molar-refractivity contribution in [3.05, 3.63) is 0 Å². The number of rotatable bonds is 10. The Morgan fingerprint density at radius 3 is 2.36 bits per heavy atom. The molecule has 1 fully saturated rings. The molecular formula is C20H42N2O2Si. The van der Waals surface area contributed by atoms with Gasteiger partial charge in [0.25, 0.3) is 0 Å². The number of nitrogens with two attached hydrogens (primary N) is 1. The first kappa shape index (κ1) is 22.5. The molecule has 0 heterocycles. The van der Waals surface area contributed by atoms with Gasteiger partial charge in [-0.05, 0) is 37.1 Å². The predicted octanol–water partition coefficient (Wildman–Crippen LogP) is 5.45. The lowest BCUT2D eigenvalue weighted by Crippen LogP contribution is -2.47. The van der Waals surface area contributed by atoms with Crippen molar-refractivity contribution in [2.75, 3.05) is 13.2 Å². The smallest absolute Gasteiger partial charge is 0.410 e. The quantitative estimate of drug-likeness (QED) is 0.410. The molecule has 1 aliphatic rings. The number of carbonyl (C=O) groups is 1. The second-order valence-electron chi connectivity index (χ2n) is 9.45. The molecule has 1 amide bonds. The fourth-order valence-corrected chi connectivity index (χ4v) is 4.07. The Morgan fingerprint density at radius 2 is 1.80 bits per heavy atom. The SMILES string of the molecule is CC(C)CCN(C(=O)OCC[Si](C)(C)C)C(N)CCC1CCCCC1. The summed E-state index contributed by atoms with van der Waals surface area (Å²) >= 11 is 0. The standard InChI is InChI=1S/C20H42N2O2Si/c1-17(2)13-14-22(20(23)24-15-16-25(3,4)5)19(21)12-11-18-9-7-6-8-10-18/h17-19H,6-16,21H2,1-5H3. The number of nitrogens with zero attached hydrogens (tertiary/aromatic N) is 1. The maximum absolute atomic E-state index is 12.6. The van der Waals surface area contributed by atoms with Gasteiger partial charge in [-0.15, -0.1) is 0 Å². The van der Waals surface area contributed by atoms with E-state index in [1.807, 2.05) is 0 Å². The first-order valence-corrected chi connectivity index (χ1v) is 14.1. The van der Waals surface area contributed by atoms with Gasteiger partial charge in [0, 0.05) is 14.6 Å². The molecule has 1 aliphatic carbocycles. The van der Waals surface area contributed by atoms with Crippen LogP contribution in [0, 0.1) is 11.8 Å². The zero-order chi connectivity index (χ0) is 18.9. The van der Waals surface area contributed by atoms with Gasteiger partial charge in [-0.2, -0.15) is 0 Å². The average Bonchev–Trinajstić information content (AvgIpc) is 2.52. The van der Waals surface area contributed by atoms with E-state index in [4.69, 9.17) is 10.5 Å². The predicted molar refractivity (Wildman–Crippen MR) is 109 cm³/mol. The van der Waals surface area contributed by atoms with E-state index in [9.17, 15) is 4.79 Å². The molecule has 0 aromatic rings. The summed E-state index contributed by atoms with van der Waals surface area (Å²) in [6.07, 6.45) is 9.35. The van der Waals surface area contributed by atoms with Crippen LogP contribution in [0.4, 0.5) is 4.79 Å².